The molecular formula is C17H20N2O2. The predicted molar refractivity (Wildman–Crippen MR) is 83.0 cm³/mol. The van der Waals surface area contributed by atoms with E-state index in [0.717, 1.165) is 17.7 Å². The van der Waals surface area contributed by atoms with Crippen molar-refractivity contribution in [1.82, 2.24) is 4.98 Å². The molecule has 0 saturated heterocycles. The van der Waals surface area contributed by atoms with Crippen molar-refractivity contribution in [1.29, 1.82) is 0 Å². The van der Waals surface area contributed by atoms with E-state index in [4.69, 9.17) is 4.74 Å². The highest BCUT2D eigenvalue weighted by atomic mass is 16.5. The average Bonchev–Trinajstić information content (AvgIpc) is 2.81. The van der Waals surface area contributed by atoms with Crippen LogP contribution >= 0.6 is 0 Å². The number of nitrogens with one attached hydrogen (secondary N) is 1. The number of rotatable bonds is 3. The molecule has 1 aliphatic rings. The Morgan fingerprint density at radius 2 is 2.10 bits per heavy atom. The Hall–Kier alpha value is -2.23. The fourth-order valence-electron chi connectivity index (χ4n) is 3.33. The van der Waals surface area contributed by atoms with E-state index in [-0.39, 0.29) is 6.04 Å². The zero-order valence-electron chi connectivity index (χ0n) is 12.6. The molecule has 0 amide bonds. The van der Waals surface area contributed by atoms with Crippen LogP contribution in [0.25, 0.3) is 0 Å². The molecule has 3 rings (SSSR count). The summed E-state index contributed by atoms with van der Waals surface area (Å²) in [6, 6.07) is 7.66. The lowest BCUT2D eigenvalue weighted by atomic mass is 9.97. The molecule has 0 fully saturated rings. The van der Waals surface area contributed by atoms with E-state index < -0.39 is 0 Å². The standard InChI is InChI=1S/C17H20N2O2/c1-10-6-7-14(20)16-13(9-11(2)15(10)16)19-12-5-4-8-18-17(12)21-3/h4-8,11,13,19-20H,9H2,1-3H3. The van der Waals surface area contributed by atoms with Gasteiger partial charge in [0.1, 0.15) is 5.75 Å². The van der Waals surface area contributed by atoms with Gasteiger partial charge in [0, 0.05) is 11.8 Å². The molecule has 4 nitrogen and oxygen atoms in total. The zero-order valence-corrected chi connectivity index (χ0v) is 12.6. The molecule has 1 aliphatic carbocycles. The first-order valence-electron chi connectivity index (χ1n) is 7.19. The van der Waals surface area contributed by atoms with E-state index in [1.807, 2.05) is 18.2 Å². The molecule has 0 radical (unpaired) electrons. The summed E-state index contributed by atoms with van der Waals surface area (Å²) in [5, 5.41) is 13.7. The van der Waals surface area contributed by atoms with Crippen LogP contribution in [0.15, 0.2) is 30.5 Å². The minimum absolute atomic E-state index is 0.0769. The number of nitrogens with zero attached hydrogens (tertiary/aromatic N) is 1. The molecule has 4 heteroatoms. The van der Waals surface area contributed by atoms with Gasteiger partial charge in [0.2, 0.25) is 5.88 Å². The second-order valence-electron chi connectivity index (χ2n) is 5.62. The number of fused-ring (bicyclic) bond motifs is 1. The first-order chi connectivity index (χ1) is 10.1. The lowest BCUT2D eigenvalue weighted by Crippen LogP contribution is -2.09. The number of ether oxygens (including phenoxy) is 1. The van der Waals surface area contributed by atoms with Gasteiger partial charge in [0.05, 0.1) is 18.8 Å². The van der Waals surface area contributed by atoms with Gasteiger partial charge < -0.3 is 15.2 Å². The molecule has 2 unspecified atom stereocenters. The van der Waals surface area contributed by atoms with Crippen molar-refractivity contribution in [3.8, 4) is 11.6 Å². The Kier molecular flexibility index (Phi) is 3.45. The van der Waals surface area contributed by atoms with Crippen molar-refractivity contribution in [2.24, 2.45) is 0 Å². The van der Waals surface area contributed by atoms with Gasteiger partial charge in [-0.05, 0) is 48.6 Å². The quantitative estimate of drug-likeness (QED) is 0.901. The van der Waals surface area contributed by atoms with E-state index in [1.165, 1.54) is 11.1 Å². The number of methoxy groups -OCH3 is 1. The molecule has 0 bridgehead atoms. The van der Waals surface area contributed by atoms with Crippen molar-refractivity contribution in [2.75, 3.05) is 12.4 Å². The number of phenolic OH excluding ortho intramolecular Hbond substituents is 1. The Balaban J connectivity index is 1.99. The van der Waals surface area contributed by atoms with Crippen LogP contribution in [-0.4, -0.2) is 17.2 Å². The summed E-state index contributed by atoms with van der Waals surface area (Å²) in [4.78, 5) is 4.21. The average molecular weight is 284 g/mol. The number of aromatic hydroxyl groups is 1. The summed E-state index contributed by atoms with van der Waals surface area (Å²) < 4.78 is 5.29. The maximum Gasteiger partial charge on any atom is 0.237 e. The number of hydrogen-bond acceptors (Lipinski definition) is 4. The second-order valence-corrected chi connectivity index (χ2v) is 5.62. The number of aromatic nitrogens is 1. The maximum absolute atomic E-state index is 10.3. The lowest BCUT2D eigenvalue weighted by molar-refractivity contribution is 0.399. The summed E-state index contributed by atoms with van der Waals surface area (Å²) in [7, 11) is 1.61. The Bertz CT molecular complexity index is 670. The molecule has 1 aromatic heterocycles. The van der Waals surface area contributed by atoms with Gasteiger partial charge in [0.15, 0.2) is 0 Å². The SMILES string of the molecule is COc1ncccc1NC1CC(C)c2c(C)ccc(O)c21. The van der Waals surface area contributed by atoms with E-state index in [0.29, 0.717) is 17.5 Å². The molecule has 0 aliphatic heterocycles. The third-order valence-electron chi connectivity index (χ3n) is 4.21. The number of benzene rings is 1. The first kappa shape index (κ1) is 13.7. The third-order valence-corrected chi connectivity index (χ3v) is 4.21. The highest BCUT2D eigenvalue weighted by Gasteiger charge is 2.32. The highest BCUT2D eigenvalue weighted by Crippen LogP contribution is 2.47. The minimum Gasteiger partial charge on any atom is -0.508 e. The summed E-state index contributed by atoms with van der Waals surface area (Å²) in [5.41, 5.74) is 4.35. The van der Waals surface area contributed by atoms with Crippen molar-refractivity contribution >= 4 is 5.69 Å². The van der Waals surface area contributed by atoms with Crippen molar-refractivity contribution < 1.29 is 9.84 Å². The van der Waals surface area contributed by atoms with Gasteiger partial charge in [-0.1, -0.05) is 13.0 Å². The third kappa shape index (κ3) is 2.31. The van der Waals surface area contributed by atoms with Crippen LogP contribution in [0.5, 0.6) is 11.6 Å². The molecule has 0 saturated carbocycles. The van der Waals surface area contributed by atoms with E-state index in [1.54, 1.807) is 19.4 Å². The van der Waals surface area contributed by atoms with E-state index in [9.17, 15) is 5.11 Å². The van der Waals surface area contributed by atoms with Crippen molar-refractivity contribution in [3.05, 3.63) is 47.2 Å². The number of pyridine rings is 1. The number of anilines is 1. The summed E-state index contributed by atoms with van der Waals surface area (Å²) >= 11 is 0. The van der Waals surface area contributed by atoms with Gasteiger partial charge >= 0.3 is 0 Å². The predicted octanol–water partition coefficient (Wildman–Crippen LogP) is 3.76. The van der Waals surface area contributed by atoms with Crippen LogP contribution in [0.4, 0.5) is 5.69 Å². The Labute approximate surface area is 124 Å². The summed E-state index contributed by atoms with van der Waals surface area (Å²) in [6.07, 6.45) is 2.66. The Morgan fingerprint density at radius 3 is 2.86 bits per heavy atom. The van der Waals surface area contributed by atoms with Crippen LogP contribution in [0.1, 0.15) is 42.0 Å². The molecule has 110 valence electrons. The topological polar surface area (TPSA) is 54.4 Å². The molecular weight excluding hydrogens is 264 g/mol. The van der Waals surface area contributed by atoms with Crippen LogP contribution in [-0.2, 0) is 0 Å². The van der Waals surface area contributed by atoms with Gasteiger partial charge in [-0.25, -0.2) is 4.98 Å². The lowest BCUT2D eigenvalue weighted by Gasteiger charge is -2.18. The Morgan fingerprint density at radius 1 is 1.29 bits per heavy atom. The molecule has 21 heavy (non-hydrogen) atoms. The fraction of sp³-hybridized carbons (Fsp3) is 0.353. The van der Waals surface area contributed by atoms with Crippen LogP contribution < -0.4 is 10.1 Å². The summed E-state index contributed by atoms with van der Waals surface area (Å²) in [6.45, 7) is 4.30. The molecule has 0 spiro atoms. The number of phenols is 1. The largest absolute Gasteiger partial charge is 0.508 e. The van der Waals surface area contributed by atoms with E-state index >= 15 is 0 Å². The van der Waals surface area contributed by atoms with Gasteiger partial charge in [-0.3, -0.25) is 0 Å². The number of aryl methyl sites for hydroxylation is 1. The molecule has 2 atom stereocenters. The van der Waals surface area contributed by atoms with Gasteiger partial charge in [0.25, 0.3) is 0 Å². The van der Waals surface area contributed by atoms with Crippen LogP contribution in [0, 0.1) is 6.92 Å². The van der Waals surface area contributed by atoms with E-state index in [2.05, 4.69) is 24.1 Å². The first-order valence-corrected chi connectivity index (χ1v) is 7.19. The molecule has 1 aromatic carbocycles. The van der Waals surface area contributed by atoms with Gasteiger partial charge in [-0.15, -0.1) is 0 Å². The molecule has 1 heterocycles. The summed E-state index contributed by atoms with van der Waals surface area (Å²) in [5.74, 6) is 1.36. The second kappa shape index (κ2) is 5.28. The highest BCUT2D eigenvalue weighted by molar-refractivity contribution is 5.58. The monoisotopic (exact) mass is 284 g/mol. The van der Waals surface area contributed by atoms with Crippen molar-refractivity contribution in [3.63, 3.8) is 0 Å². The maximum atomic E-state index is 10.3. The zero-order chi connectivity index (χ0) is 15.0. The van der Waals surface area contributed by atoms with Crippen molar-refractivity contribution in [2.45, 2.75) is 32.2 Å². The number of hydrogen-bond donors (Lipinski definition) is 2. The van der Waals surface area contributed by atoms with Crippen LogP contribution in [0.2, 0.25) is 0 Å². The molecule has 2 aromatic rings. The van der Waals surface area contributed by atoms with Gasteiger partial charge in [-0.2, -0.15) is 0 Å². The minimum atomic E-state index is 0.0769. The molecule has 2 N–H and O–H groups in total. The normalized spacial score (nSPS) is 20.1. The fourth-order valence-corrected chi connectivity index (χ4v) is 3.33. The smallest absolute Gasteiger partial charge is 0.237 e. The van der Waals surface area contributed by atoms with Crippen LogP contribution in [0.3, 0.4) is 0 Å².